The Kier molecular flexibility index (Phi) is 5.69. The fourth-order valence-electron chi connectivity index (χ4n) is 4.03. The lowest BCUT2D eigenvalue weighted by atomic mass is 10.1. The molecule has 1 amide bonds. The molecule has 4 heterocycles. The predicted octanol–water partition coefficient (Wildman–Crippen LogP) is 3.12. The van der Waals surface area contributed by atoms with Crippen LogP contribution in [0.2, 0.25) is 0 Å². The molecule has 1 N–H and O–H groups in total. The van der Waals surface area contributed by atoms with Crippen molar-refractivity contribution in [2.75, 3.05) is 50.7 Å². The third-order valence-electron chi connectivity index (χ3n) is 5.73. The van der Waals surface area contributed by atoms with Gasteiger partial charge < -0.3 is 24.4 Å². The second-order valence-corrected chi connectivity index (χ2v) is 8.97. The second-order valence-electron chi connectivity index (χ2n) is 8.97. The van der Waals surface area contributed by atoms with Crippen molar-refractivity contribution in [2.45, 2.75) is 39.7 Å². The molecule has 2 aliphatic rings. The van der Waals surface area contributed by atoms with Crippen LogP contribution in [0.25, 0.3) is 16.6 Å². The van der Waals surface area contributed by atoms with E-state index in [9.17, 15) is 4.79 Å². The molecular weight excluding hydrogens is 380 g/mol. The molecular formula is C22H32N6O2. The number of nitrogens with zero attached hydrogens (tertiary/aromatic N) is 5. The zero-order valence-corrected chi connectivity index (χ0v) is 18.4. The van der Waals surface area contributed by atoms with Crippen LogP contribution in [0.1, 0.15) is 39.8 Å². The van der Waals surface area contributed by atoms with Crippen LogP contribution in [0.15, 0.2) is 18.5 Å². The predicted molar refractivity (Wildman–Crippen MR) is 119 cm³/mol. The van der Waals surface area contributed by atoms with Crippen LogP contribution >= 0.6 is 0 Å². The van der Waals surface area contributed by atoms with Crippen molar-refractivity contribution in [1.82, 2.24) is 24.8 Å². The van der Waals surface area contributed by atoms with Crippen molar-refractivity contribution in [2.24, 2.45) is 0 Å². The third-order valence-corrected chi connectivity index (χ3v) is 5.73. The highest BCUT2D eigenvalue weighted by atomic mass is 16.6. The number of rotatable bonds is 3. The number of nitrogens with one attached hydrogen (secondary N) is 1. The first kappa shape index (κ1) is 20.7. The van der Waals surface area contributed by atoms with Crippen molar-refractivity contribution in [3.05, 3.63) is 24.2 Å². The van der Waals surface area contributed by atoms with Crippen LogP contribution in [0.3, 0.4) is 0 Å². The molecule has 1 saturated heterocycles. The van der Waals surface area contributed by atoms with E-state index in [0.717, 1.165) is 61.7 Å². The number of hydrogen-bond acceptors (Lipinski definition) is 6. The van der Waals surface area contributed by atoms with E-state index >= 15 is 0 Å². The quantitative estimate of drug-likeness (QED) is 0.835. The average molecular weight is 413 g/mol. The first-order valence-electron chi connectivity index (χ1n) is 10.8. The van der Waals surface area contributed by atoms with Gasteiger partial charge in [0.1, 0.15) is 23.4 Å². The van der Waals surface area contributed by atoms with Crippen LogP contribution in [0, 0.1) is 0 Å². The van der Waals surface area contributed by atoms with Gasteiger partial charge >= 0.3 is 6.09 Å². The number of likely N-dealkylation sites (N-methyl/N-ethyl adjacent to an activating group) is 1. The van der Waals surface area contributed by atoms with Crippen LogP contribution in [-0.4, -0.2) is 82.3 Å². The molecule has 162 valence electrons. The van der Waals surface area contributed by atoms with E-state index < -0.39 is 5.60 Å². The van der Waals surface area contributed by atoms with Gasteiger partial charge in [-0.1, -0.05) is 13.0 Å². The van der Waals surface area contributed by atoms with Crippen molar-refractivity contribution in [3.8, 4) is 0 Å². The lowest BCUT2D eigenvalue weighted by molar-refractivity contribution is 0.0270. The summed E-state index contributed by atoms with van der Waals surface area (Å²) in [5.41, 5.74) is 2.65. The Hall–Kier alpha value is -2.61. The maximum absolute atomic E-state index is 12.3. The lowest BCUT2D eigenvalue weighted by Crippen LogP contribution is -2.46. The monoisotopic (exact) mass is 412 g/mol. The van der Waals surface area contributed by atoms with E-state index in [1.54, 1.807) is 11.2 Å². The maximum Gasteiger partial charge on any atom is 0.410 e. The normalized spacial score (nSPS) is 18.6. The van der Waals surface area contributed by atoms with Gasteiger partial charge in [-0.2, -0.15) is 0 Å². The Morgan fingerprint density at radius 3 is 2.57 bits per heavy atom. The zero-order chi connectivity index (χ0) is 21.3. The molecule has 0 radical (unpaired) electrons. The van der Waals surface area contributed by atoms with Gasteiger partial charge in [0.25, 0.3) is 0 Å². The molecule has 0 spiro atoms. The number of ether oxygens (including phenoxy) is 1. The van der Waals surface area contributed by atoms with Crippen LogP contribution < -0.4 is 4.90 Å². The SMILES string of the molecule is CCN1CCN(c2ncnc3[nH]c(C4=CCN(C(=O)OC(C)(C)C)CC4)cc23)CC1. The first-order chi connectivity index (χ1) is 14.3. The number of H-pyrrole nitrogens is 1. The molecule has 2 aromatic rings. The number of carbonyl (C=O) groups is 1. The maximum atomic E-state index is 12.3. The third kappa shape index (κ3) is 4.43. The molecule has 0 unspecified atom stereocenters. The molecule has 1 fully saturated rings. The van der Waals surface area contributed by atoms with Gasteiger partial charge in [0, 0.05) is 45.0 Å². The van der Waals surface area contributed by atoms with Gasteiger partial charge in [0.2, 0.25) is 0 Å². The fraction of sp³-hybridized carbons (Fsp3) is 0.591. The van der Waals surface area contributed by atoms with Gasteiger partial charge in [-0.3, -0.25) is 0 Å². The number of amides is 1. The lowest BCUT2D eigenvalue weighted by Gasteiger charge is -2.34. The fourth-order valence-corrected chi connectivity index (χ4v) is 4.03. The number of fused-ring (bicyclic) bond motifs is 1. The molecule has 0 saturated carbocycles. The minimum atomic E-state index is -0.476. The highest BCUT2D eigenvalue weighted by Crippen LogP contribution is 2.30. The smallest absolute Gasteiger partial charge is 0.410 e. The Morgan fingerprint density at radius 2 is 1.93 bits per heavy atom. The van der Waals surface area contributed by atoms with E-state index in [4.69, 9.17) is 4.74 Å². The highest BCUT2D eigenvalue weighted by molar-refractivity contribution is 5.91. The number of piperazine rings is 1. The molecule has 0 aliphatic carbocycles. The van der Waals surface area contributed by atoms with Gasteiger partial charge in [0.05, 0.1) is 5.39 Å². The van der Waals surface area contributed by atoms with Crippen LogP contribution in [0.5, 0.6) is 0 Å². The van der Waals surface area contributed by atoms with Crippen molar-refractivity contribution >= 4 is 28.5 Å². The van der Waals surface area contributed by atoms with E-state index in [1.807, 2.05) is 20.8 Å². The summed E-state index contributed by atoms with van der Waals surface area (Å²) in [6.45, 7) is 14.3. The molecule has 2 aromatic heterocycles. The number of aromatic nitrogens is 3. The summed E-state index contributed by atoms with van der Waals surface area (Å²) in [5.74, 6) is 1.00. The highest BCUT2D eigenvalue weighted by Gasteiger charge is 2.25. The van der Waals surface area contributed by atoms with E-state index in [-0.39, 0.29) is 6.09 Å². The Labute approximate surface area is 177 Å². The number of hydrogen-bond donors (Lipinski definition) is 1. The second kappa shape index (κ2) is 8.26. The van der Waals surface area contributed by atoms with E-state index in [0.29, 0.717) is 13.1 Å². The average Bonchev–Trinajstić information content (AvgIpc) is 3.17. The molecule has 0 atom stereocenters. The topological polar surface area (TPSA) is 77.6 Å². The van der Waals surface area contributed by atoms with Crippen LogP contribution in [0.4, 0.5) is 10.6 Å². The molecule has 2 aliphatic heterocycles. The number of aromatic amines is 1. The Balaban J connectivity index is 1.50. The molecule has 30 heavy (non-hydrogen) atoms. The molecule has 0 bridgehead atoms. The van der Waals surface area contributed by atoms with Crippen molar-refractivity contribution < 1.29 is 9.53 Å². The summed E-state index contributed by atoms with van der Waals surface area (Å²) < 4.78 is 5.49. The van der Waals surface area contributed by atoms with Gasteiger partial charge in [0.15, 0.2) is 0 Å². The summed E-state index contributed by atoms with van der Waals surface area (Å²) >= 11 is 0. The summed E-state index contributed by atoms with van der Waals surface area (Å²) in [6.07, 6.45) is 4.27. The number of anilines is 1. The van der Waals surface area contributed by atoms with Gasteiger partial charge in [-0.05, 0) is 45.4 Å². The van der Waals surface area contributed by atoms with E-state index in [1.165, 1.54) is 5.57 Å². The molecule has 8 heteroatoms. The summed E-state index contributed by atoms with van der Waals surface area (Å²) in [6, 6.07) is 2.16. The standard InChI is InChI=1S/C22H32N6O2/c1-5-26-10-12-27(13-11-26)20-17-14-18(25-19(17)23-15-24-20)16-6-8-28(9-7-16)21(29)30-22(2,3)4/h6,14-15H,5,7-13H2,1-4H3,(H,23,24,25). The Morgan fingerprint density at radius 1 is 1.17 bits per heavy atom. The van der Waals surface area contributed by atoms with Gasteiger partial charge in [-0.25, -0.2) is 14.8 Å². The molecule has 0 aromatic carbocycles. The van der Waals surface area contributed by atoms with E-state index in [2.05, 4.69) is 43.8 Å². The minimum Gasteiger partial charge on any atom is -0.444 e. The molecule has 4 rings (SSSR count). The first-order valence-corrected chi connectivity index (χ1v) is 10.8. The summed E-state index contributed by atoms with van der Waals surface area (Å²) in [5, 5.41) is 1.06. The Bertz CT molecular complexity index is 937. The summed E-state index contributed by atoms with van der Waals surface area (Å²) in [7, 11) is 0. The summed E-state index contributed by atoms with van der Waals surface area (Å²) in [4.78, 5) is 31.4. The van der Waals surface area contributed by atoms with Crippen molar-refractivity contribution in [1.29, 1.82) is 0 Å². The minimum absolute atomic E-state index is 0.256. The molecule has 8 nitrogen and oxygen atoms in total. The van der Waals surface area contributed by atoms with Crippen molar-refractivity contribution in [3.63, 3.8) is 0 Å². The largest absolute Gasteiger partial charge is 0.444 e. The number of carbonyl (C=O) groups excluding carboxylic acids is 1. The van der Waals surface area contributed by atoms with Crippen LogP contribution in [-0.2, 0) is 4.74 Å². The zero-order valence-electron chi connectivity index (χ0n) is 18.4. The van der Waals surface area contributed by atoms with Gasteiger partial charge in [-0.15, -0.1) is 0 Å².